The van der Waals surface area contributed by atoms with E-state index in [0.717, 1.165) is 6.42 Å². The Hall–Kier alpha value is -1.39. The van der Waals surface area contributed by atoms with E-state index in [1.54, 1.807) is 6.92 Å². The monoisotopic (exact) mass is 275 g/mol. The van der Waals surface area contributed by atoms with E-state index >= 15 is 0 Å². The van der Waals surface area contributed by atoms with Crippen molar-refractivity contribution in [2.75, 3.05) is 0 Å². The molecule has 0 spiro atoms. The van der Waals surface area contributed by atoms with E-state index in [1.807, 2.05) is 0 Å². The number of carbonyl (C=O) groups is 1. The SMILES string of the molecule is CC(=O)NCc1cccc(CCC2C(C)NNC2C)c1. The van der Waals surface area contributed by atoms with Gasteiger partial charge in [0.1, 0.15) is 0 Å². The number of rotatable bonds is 5. The molecule has 1 amide bonds. The highest BCUT2D eigenvalue weighted by Crippen LogP contribution is 2.21. The molecule has 110 valence electrons. The molecule has 4 heteroatoms. The summed E-state index contributed by atoms with van der Waals surface area (Å²) >= 11 is 0. The quantitative estimate of drug-likeness (QED) is 0.767. The Kier molecular flexibility index (Phi) is 5.15. The third-order valence-corrected chi connectivity index (χ3v) is 4.12. The van der Waals surface area contributed by atoms with Gasteiger partial charge in [0, 0.05) is 25.6 Å². The van der Waals surface area contributed by atoms with E-state index in [2.05, 4.69) is 54.3 Å². The van der Waals surface area contributed by atoms with Gasteiger partial charge in [-0.1, -0.05) is 24.3 Å². The highest BCUT2D eigenvalue weighted by atomic mass is 16.1. The molecular weight excluding hydrogens is 250 g/mol. The highest BCUT2D eigenvalue weighted by molar-refractivity contribution is 5.72. The summed E-state index contributed by atoms with van der Waals surface area (Å²) in [4.78, 5) is 10.9. The van der Waals surface area contributed by atoms with Gasteiger partial charge in [0.15, 0.2) is 0 Å². The zero-order valence-corrected chi connectivity index (χ0v) is 12.6. The van der Waals surface area contributed by atoms with Crippen LogP contribution < -0.4 is 16.2 Å². The van der Waals surface area contributed by atoms with Gasteiger partial charge < -0.3 is 5.32 Å². The summed E-state index contributed by atoms with van der Waals surface area (Å²) in [7, 11) is 0. The molecule has 20 heavy (non-hydrogen) atoms. The van der Waals surface area contributed by atoms with Gasteiger partial charge in [-0.05, 0) is 43.7 Å². The van der Waals surface area contributed by atoms with Gasteiger partial charge in [0.25, 0.3) is 0 Å². The Bertz CT molecular complexity index is 451. The Morgan fingerprint density at radius 1 is 1.20 bits per heavy atom. The Morgan fingerprint density at radius 2 is 1.85 bits per heavy atom. The van der Waals surface area contributed by atoms with Crippen molar-refractivity contribution >= 4 is 5.91 Å². The first-order valence-corrected chi connectivity index (χ1v) is 7.39. The first kappa shape index (κ1) is 15.0. The van der Waals surface area contributed by atoms with Crippen molar-refractivity contribution in [2.24, 2.45) is 5.92 Å². The predicted molar refractivity (Wildman–Crippen MR) is 81.0 cm³/mol. The molecule has 1 heterocycles. The Balaban J connectivity index is 1.89. The lowest BCUT2D eigenvalue weighted by Gasteiger charge is -2.17. The van der Waals surface area contributed by atoms with Gasteiger partial charge in [0.2, 0.25) is 5.91 Å². The van der Waals surface area contributed by atoms with Crippen molar-refractivity contribution in [3.63, 3.8) is 0 Å². The van der Waals surface area contributed by atoms with Crippen LogP contribution in [-0.4, -0.2) is 18.0 Å². The molecule has 1 aromatic rings. The van der Waals surface area contributed by atoms with E-state index in [-0.39, 0.29) is 5.91 Å². The molecule has 2 atom stereocenters. The van der Waals surface area contributed by atoms with E-state index in [9.17, 15) is 4.79 Å². The number of hydrogen-bond acceptors (Lipinski definition) is 3. The summed E-state index contributed by atoms with van der Waals surface area (Å²) in [5, 5.41) is 2.84. The molecule has 1 aromatic carbocycles. The number of amides is 1. The number of nitrogens with one attached hydrogen (secondary N) is 3. The molecule has 4 nitrogen and oxygen atoms in total. The van der Waals surface area contributed by atoms with Crippen LogP contribution in [0.2, 0.25) is 0 Å². The maximum atomic E-state index is 10.9. The van der Waals surface area contributed by atoms with Crippen molar-refractivity contribution in [1.82, 2.24) is 16.2 Å². The number of hydrogen-bond donors (Lipinski definition) is 3. The molecule has 3 N–H and O–H groups in total. The molecule has 0 bridgehead atoms. The van der Waals surface area contributed by atoms with E-state index in [1.165, 1.54) is 17.5 Å². The fourth-order valence-electron chi connectivity index (χ4n) is 2.86. The number of benzene rings is 1. The van der Waals surface area contributed by atoms with Crippen LogP contribution in [-0.2, 0) is 17.8 Å². The zero-order chi connectivity index (χ0) is 14.5. The van der Waals surface area contributed by atoms with Crippen LogP contribution in [0.4, 0.5) is 0 Å². The molecule has 2 unspecified atom stereocenters. The standard InChI is InChI=1S/C16H25N3O/c1-11-16(12(2)19-18-11)8-7-14-5-4-6-15(9-14)10-17-13(3)20/h4-6,9,11-12,16,18-19H,7-8,10H2,1-3H3,(H,17,20). The second-order valence-corrected chi connectivity index (χ2v) is 5.80. The largest absolute Gasteiger partial charge is 0.352 e. The molecule has 2 rings (SSSR count). The third kappa shape index (κ3) is 4.05. The molecule has 1 aliphatic rings. The average Bonchev–Trinajstić information content (AvgIpc) is 2.74. The lowest BCUT2D eigenvalue weighted by molar-refractivity contribution is -0.119. The van der Waals surface area contributed by atoms with Crippen LogP contribution in [0.25, 0.3) is 0 Å². The Labute approximate surface area is 121 Å². The summed E-state index contributed by atoms with van der Waals surface area (Å²) in [6.07, 6.45) is 2.25. The van der Waals surface area contributed by atoms with Crippen LogP contribution in [0.1, 0.15) is 38.3 Å². The molecule has 1 saturated heterocycles. The van der Waals surface area contributed by atoms with Gasteiger partial charge in [-0.3, -0.25) is 15.6 Å². The minimum Gasteiger partial charge on any atom is -0.352 e. The summed E-state index contributed by atoms with van der Waals surface area (Å²) < 4.78 is 0. The topological polar surface area (TPSA) is 53.2 Å². The fraction of sp³-hybridized carbons (Fsp3) is 0.562. The molecule has 0 aliphatic carbocycles. The third-order valence-electron chi connectivity index (χ3n) is 4.12. The van der Waals surface area contributed by atoms with Crippen molar-refractivity contribution in [2.45, 2.75) is 52.2 Å². The van der Waals surface area contributed by atoms with Gasteiger partial charge in [-0.2, -0.15) is 0 Å². The first-order chi connectivity index (χ1) is 9.56. The zero-order valence-electron chi connectivity index (χ0n) is 12.6. The number of aryl methyl sites for hydroxylation is 1. The Morgan fingerprint density at radius 3 is 2.50 bits per heavy atom. The molecule has 0 aromatic heterocycles. The maximum Gasteiger partial charge on any atom is 0.217 e. The second-order valence-electron chi connectivity index (χ2n) is 5.80. The summed E-state index contributed by atoms with van der Waals surface area (Å²) in [6, 6.07) is 9.54. The van der Waals surface area contributed by atoms with Gasteiger partial charge in [-0.25, -0.2) is 0 Å². The van der Waals surface area contributed by atoms with Crippen molar-refractivity contribution < 1.29 is 4.79 Å². The van der Waals surface area contributed by atoms with Crippen LogP contribution in [0.5, 0.6) is 0 Å². The van der Waals surface area contributed by atoms with Crippen LogP contribution in [0.15, 0.2) is 24.3 Å². The molecule has 0 radical (unpaired) electrons. The minimum absolute atomic E-state index is 0.0150. The van der Waals surface area contributed by atoms with Crippen LogP contribution >= 0.6 is 0 Å². The molecule has 1 aliphatic heterocycles. The summed E-state index contributed by atoms with van der Waals surface area (Å²) in [6.45, 7) is 6.62. The van der Waals surface area contributed by atoms with Gasteiger partial charge in [-0.15, -0.1) is 0 Å². The molecule has 0 saturated carbocycles. The first-order valence-electron chi connectivity index (χ1n) is 7.39. The number of carbonyl (C=O) groups excluding carboxylic acids is 1. The van der Waals surface area contributed by atoms with Crippen molar-refractivity contribution in [1.29, 1.82) is 0 Å². The summed E-state index contributed by atoms with van der Waals surface area (Å²) in [5.41, 5.74) is 9.12. The molecule has 1 fully saturated rings. The molecular formula is C16H25N3O. The normalized spacial score (nSPS) is 25.6. The number of hydrazine groups is 1. The fourth-order valence-corrected chi connectivity index (χ4v) is 2.86. The van der Waals surface area contributed by atoms with Crippen LogP contribution in [0.3, 0.4) is 0 Å². The van der Waals surface area contributed by atoms with E-state index in [0.29, 0.717) is 24.5 Å². The van der Waals surface area contributed by atoms with Crippen molar-refractivity contribution in [3.05, 3.63) is 35.4 Å². The maximum absolute atomic E-state index is 10.9. The lowest BCUT2D eigenvalue weighted by Crippen LogP contribution is -2.30. The predicted octanol–water partition coefficient (Wildman–Crippen LogP) is 1.76. The average molecular weight is 275 g/mol. The van der Waals surface area contributed by atoms with Crippen molar-refractivity contribution in [3.8, 4) is 0 Å². The van der Waals surface area contributed by atoms with E-state index in [4.69, 9.17) is 0 Å². The van der Waals surface area contributed by atoms with Crippen LogP contribution in [0, 0.1) is 5.92 Å². The van der Waals surface area contributed by atoms with Gasteiger partial charge >= 0.3 is 0 Å². The highest BCUT2D eigenvalue weighted by Gasteiger charge is 2.28. The van der Waals surface area contributed by atoms with E-state index < -0.39 is 0 Å². The van der Waals surface area contributed by atoms with Gasteiger partial charge in [0.05, 0.1) is 0 Å². The second kappa shape index (κ2) is 6.86. The summed E-state index contributed by atoms with van der Waals surface area (Å²) in [5.74, 6) is 0.676. The smallest absolute Gasteiger partial charge is 0.217 e. The minimum atomic E-state index is 0.0150. The lowest BCUT2D eigenvalue weighted by atomic mass is 9.90.